The maximum Gasteiger partial charge on any atom is 0.0946 e. The summed E-state index contributed by atoms with van der Waals surface area (Å²) in [6.45, 7) is 0. The van der Waals surface area contributed by atoms with E-state index in [0.717, 1.165) is 6.42 Å². The number of nitrogens with zero attached hydrogens (tertiary/aromatic N) is 3. The van der Waals surface area contributed by atoms with E-state index in [-0.39, 0.29) is 0 Å². The standard InChI is InChI=1S/C10H14N4S/c1-11-9(3-8-4-13-7-15-8)10-5-12-6-14(10)2/h4-7,9,11H,3H2,1-2H3. The van der Waals surface area contributed by atoms with Crippen molar-refractivity contribution in [3.8, 4) is 0 Å². The van der Waals surface area contributed by atoms with Gasteiger partial charge in [0.2, 0.25) is 0 Å². The molecule has 0 aliphatic rings. The van der Waals surface area contributed by atoms with Gasteiger partial charge < -0.3 is 9.88 Å². The molecule has 2 heterocycles. The van der Waals surface area contributed by atoms with Gasteiger partial charge in [-0.1, -0.05) is 0 Å². The molecule has 2 aromatic rings. The highest BCUT2D eigenvalue weighted by atomic mass is 32.1. The second-order valence-corrected chi connectivity index (χ2v) is 4.41. The van der Waals surface area contributed by atoms with Gasteiger partial charge in [-0.15, -0.1) is 11.3 Å². The maximum atomic E-state index is 4.13. The number of rotatable bonds is 4. The molecule has 4 nitrogen and oxygen atoms in total. The second-order valence-electron chi connectivity index (χ2n) is 3.44. The second kappa shape index (κ2) is 4.55. The summed E-state index contributed by atoms with van der Waals surface area (Å²) < 4.78 is 2.04. The fourth-order valence-electron chi connectivity index (χ4n) is 1.60. The Balaban J connectivity index is 2.15. The van der Waals surface area contributed by atoms with E-state index in [4.69, 9.17) is 0 Å². The molecule has 0 saturated carbocycles. The minimum Gasteiger partial charge on any atom is -0.336 e. The molecule has 1 atom stereocenters. The topological polar surface area (TPSA) is 42.7 Å². The van der Waals surface area contributed by atoms with Crippen molar-refractivity contribution in [2.45, 2.75) is 12.5 Å². The van der Waals surface area contributed by atoms with Gasteiger partial charge in [0.15, 0.2) is 0 Å². The molecule has 15 heavy (non-hydrogen) atoms. The molecule has 1 unspecified atom stereocenters. The summed E-state index contributed by atoms with van der Waals surface area (Å²) in [5.41, 5.74) is 3.07. The molecule has 2 aromatic heterocycles. The van der Waals surface area contributed by atoms with Gasteiger partial charge in [0, 0.05) is 30.7 Å². The van der Waals surface area contributed by atoms with Gasteiger partial charge in [-0.05, 0) is 7.05 Å². The first-order valence-electron chi connectivity index (χ1n) is 4.82. The normalized spacial score (nSPS) is 12.9. The first-order valence-corrected chi connectivity index (χ1v) is 5.70. The molecule has 0 aromatic carbocycles. The minimum atomic E-state index is 0.304. The fourth-order valence-corrected chi connectivity index (χ4v) is 2.24. The Morgan fingerprint density at radius 3 is 2.87 bits per heavy atom. The highest BCUT2D eigenvalue weighted by Gasteiger charge is 2.13. The molecular formula is C10H14N4S. The lowest BCUT2D eigenvalue weighted by molar-refractivity contribution is 0.558. The van der Waals surface area contributed by atoms with Gasteiger partial charge in [0.1, 0.15) is 0 Å². The molecule has 1 N–H and O–H groups in total. The Hall–Kier alpha value is -1.20. The van der Waals surface area contributed by atoms with Crippen LogP contribution in [0.4, 0.5) is 0 Å². The number of likely N-dealkylation sites (N-methyl/N-ethyl adjacent to an activating group) is 1. The van der Waals surface area contributed by atoms with Crippen LogP contribution >= 0.6 is 11.3 Å². The lowest BCUT2D eigenvalue weighted by Gasteiger charge is -2.15. The number of nitrogens with one attached hydrogen (secondary N) is 1. The third-order valence-corrected chi connectivity index (χ3v) is 3.25. The summed E-state index contributed by atoms with van der Waals surface area (Å²) >= 11 is 1.69. The molecule has 2 rings (SSSR count). The van der Waals surface area contributed by atoms with E-state index >= 15 is 0 Å². The van der Waals surface area contributed by atoms with Crippen molar-refractivity contribution >= 4 is 11.3 Å². The Morgan fingerprint density at radius 1 is 1.47 bits per heavy atom. The maximum absolute atomic E-state index is 4.13. The molecule has 0 amide bonds. The smallest absolute Gasteiger partial charge is 0.0946 e. The van der Waals surface area contributed by atoms with Crippen LogP contribution in [0, 0.1) is 0 Å². The summed E-state index contributed by atoms with van der Waals surface area (Å²) in [6, 6.07) is 0.304. The molecule has 0 aliphatic heterocycles. The summed E-state index contributed by atoms with van der Waals surface area (Å²) in [5.74, 6) is 0. The number of aryl methyl sites for hydroxylation is 1. The lowest BCUT2D eigenvalue weighted by Crippen LogP contribution is -2.20. The molecule has 0 saturated heterocycles. The summed E-state index contributed by atoms with van der Waals surface area (Å²) in [5, 5.41) is 3.30. The highest BCUT2D eigenvalue weighted by molar-refractivity contribution is 7.09. The molecule has 0 radical (unpaired) electrons. The van der Waals surface area contributed by atoms with Crippen molar-refractivity contribution in [3.05, 3.63) is 34.8 Å². The lowest BCUT2D eigenvalue weighted by atomic mass is 10.1. The average Bonchev–Trinajstić information content (AvgIpc) is 2.85. The summed E-state index contributed by atoms with van der Waals surface area (Å²) in [6.07, 6.45) is 6.61. The monoisotopic (exact) mass is 222 g/mol. The third-order valence-electron chi connectivity index (χ3n) is 2.45. The predicted octanol–water partition coefficient (Wildman–Crippen LogP) is 1.38. The quantitative estimate of drug-likeness (QED) is 0.850. The predicted molar refractivity (Wildman–Crippen MR) is 60.8 cm³/mol. The zero-order chi connectivity index (χ0) is 10.7. The van der Waals surface area contributed by atoms with Crippen LogP contribution in [0.3, 0.4) is 0 Å². The average molecular weight is 222 g/mol. The van der Waals surface area contributed by atoms with E-state index < -0.39 is 0 Å². The number of aromatic nitrogens is 3. The molecular weight excluding hydrogens is 208 g/mol. The number of thiazole rings is 1. The summed E-state index contributed by atoms with van der Waals surface area (Å²) in [4.78, 5) is 9.50. The number of hydrogen-bond donors (Lipinski definition) is 1. The van der Waals surface area contributed by atoms with Crippen LogP contribution in [0.1, 0.15) is 16.6 Å². The molecule has 5 heteroatoms. The van der Waals surface area contributed by atoms with Crippen LogP contribution < -0.4 is 5.32 Å². The highest BCUT2D eigenvalue weighted by Crippen LogP contribution is 2.19. The van der Waals surface area contributed by atoms with Gasteiger partial charge in [-0.25, -0.2) is 4.98 Å². The largest absolute Gasteiger partial charge is 0.336 e. The van der Waals surface area contributed by atoms with Crippen molar-refractivity contribution in [1.29, 1.82) is 0 Å². The first-order chi connectivity index (χ1) is 7.31. The Kier molecular flexibility index (Phi) is 3.13. The molecule has 0 aliphatic carbocycles. The van der Waals surface area contributed by atoms with Crippen molar-refractivity contribution in [2.75, 3.05) is 7.05 Å². The van der Waals surface area contributed by atoms with Crippen molar-refractivity contribution in [2.24, 2.45) is 7.05 Å². The van der Waals surface area contributed by atoms with Crippen LogP contribution in [0.5, 0.6) is 0 Å². The molecule has 0 fully saturated rings. The van der Waals surface area contributed by atoms with Gasteiger partial charge in [0.25, 0.3) is 0 Å². The Morgan fingerprint density at radius 2 is 2.33 bits per heavy atom. The van der Waals surface area contributed by atoms with Crippen molar-refractivity contribution < 1.29 is 0 Å². The minimum absolute atomic E-state index is 0.304. The Bertz CT molecular complexity index is 407. The van der Waals surface area contributed by atoms with E-state index in [1.807, 2.05) is 42.9 Å². The zero-order valence-corrected chi connectivity index (χ0v) is 9.66. The van der Waals surface area contributed by atoms with Gasteiger partial charge >= 0.3 is 0 Å². The van der Waals surface area contributed by atoms with Crippen LogP contribution in [-0.4, -0.2) is 21.6 Å². The van der Waals surface area contributed by atoms with E-state index in [0.29, 0.717) is 6.04 Å². The number of imidazole rings is 1. The van der Waals surface area contributed by atoms with Gasteiger partial charge in [0.05, 0.1) is 23.6 Å². The van der Waals surface area contributed by atoms with Gasteiger partial charge in [-0.3, -0.25) is 4.98 Å². The van der Waals surface area contributed by atoms with Crippen LogP contribution in [-0.2, 0) is 13.5 Å². The summed E-state index contributed by atoms with van der Waals surface area (Å²) in [7, 11) is 3.98. The Labute approximate surface area is 93.0 Å². The molecule has 80 valence electrons. The van der Waals surface area contributed by atoms with E-state index in [2.05, 4.69) is 15.3 Å². The molecule has 0 bridgehead atoms. The third kappa shape index (κ3) is 2.24. The SMILES string of the molecule is CNC(Cc1cncs1)c1cncn1C. The zero-order valence-electron chi connectivity index (χ0n) is 8.84. The number of hydrogen-bond acceptors (Lipinski definition) is 4. The van der Waals surface area contributed by atoms with E-state index in [9.17, 15) is 0 Å². The van der Waals surface area contributed by atoms with Crippen molar-refractivity contribution in [3.63, 3.8) is 0 Å². The van der Waals surface area contributed by atoms with Crippen molar-refractivity contribution in [1.82, 2.24) is 19.9 Å². The first kappa shape index (κ1) is 10.3. The van der Waals surface area contributed by atoms with Crippen LogP contribution in [0.25, 0.3) is 0 Å². The van der Waals surface area contributed by atoms with E-state index in [1.165, 1.54) is 10.6 Å². The fraction of sp³-hybridized carbons (Fsp3) is 0.400. The molecule has 0 spiro atoms. The van der Waals surface area contributed by atoms with Gasteiger partial charge in [-0.2, -0.15) is 0 Å². The van der Waals surface area contributed by atoms with E-state index in [1.54, 1.807) is 11.3 Å². The van der Waals surface area contributed by atoms with Crippen LogP contribution in [0.2, 0.25) is 0 Å². The van der Waals surface area contributed by atoms with Crippen LogP contribution in [0.15, 0.2) is 24.2 Å².